The van der Waals surface area contributed by atoms with Crippen molar-refractivity contribution < 1.29 is 23.1 Å². The van der Waals surface area contributed by atoms with Gasteiger partial charge in [-0.15, -0.1) is 22.7 Å². The van der Waals surface area contributed by atoms with Crippen molar-refractivity contribution in [2.45, 2.75) is 46.0 Å². The molecule has 3 aromatic heterocycles. The molecule has 0 radical (unpaired) electrons. The quantitative estimate of drug-likeness (QED) is 0.486. The van der Waals surface area contributed by atoms with E-state index in [0.717, 1.165) is 47.5 Å². The summed E-state index contributed by atoms with van der Waals surface area (Å²) in [5.74, 6) is -0.955. The third kappa shape index (κ3) is 3.89. The van der Waals surface area contributed by atoms with Crippen molar-refractivity contribution in [3.8, 4) is 0 Å². The van der Waals surface area contributed by atoms with Gasteiger partial charge in [0.05, 0.1) is 17.9 Å². The Hall–Kier alpha value is -2.59. The molecule has 1 aliphatic rings. The van der Waals surface area contributed by atoms with Crippen LogP contribution in [0.15, 0.2) is 6.07 Å². The highest BCUT2D eigenvalue weighted by Crippen LogP contribution is 2.41. The zero-order chi connectivity index (χ0) is 22.3. The fourth-order valence-corrected chi connectivity index (χ4v) is 6.19. The highest BCUT2D eigenvalue weighted by Gasteiger charge is 2.29. The van der Waals surface area contributed by atoms with E-state index in [4.69, 9.17) is 10.5 Å². The number of ether oxygens (including phenoxy) is 1. The predicted molar refractivity (Wildman–Crippen MR) is 119 cm³/mol. The predicted octanol–water partition coefficient (Wildman–Crippen LogP) is 5.49. The van der Waals surface area contributed by atoms with Crippen LogP contribution in [0.4, 0.5) is 19.5 Å². The molecule has 0 unspecified atom stereocenters. The minimum atomic E-state index is -2.71. The largest absolute Gasteiger partial charge is 0.462 e. The van der Waals surface area contributed by atoms with Crippen LogP contribution < -0.4 is 11.1 Å². The number of aromatic nitrogens is 1. The van der Waals surface area contributed by atoms with E-state index in [0.29, 0.717) is 21.5 Å². The lowest BCUT2D eigenvalue weighted by atomic mass is 9.95. The Labute approximate surface area is 185 Å². The number of aryl methyl sites for hydroxylation is 2. The van der Waals surface area contributed by atoms with Crippen molar-refractivity contribution >= 4 is 55.5 Å². The molecule has 10 heteroatoms. The molecule has 1 amide bonds. The van der Waals surface area contributed by atoms with Crippen molar-refractivity contribution in [2.24, 2.45) is 0 Å². The van der Waals surface area contributed by atoms with Gasteiger partial charge in [-0.25, -0.2) is 18.6 Å². The van der Waals surface area contributed by atoms with E-state index >= 15 is 0 Å². The normalized spacial score (nSPS) is 13.5. The van der Waals surface area contributed by atoms with Crippen LogP contribution >= 0.6 is 22.7 Å². The lowest BCUT2D eigenvalue weighted by Crippen LogP contribution is -2.15. The van der Waals surface area contributed by atoms with Crippen LogP contribution in [0.5, 0.6) is 0 Å². The summed E-state index contributed by atoms with van der Waals surface area (Å²) in [6.45, 7) is 3.63. The van der Waals surface area contributed by atoms with Crippen LogP contribution in [0, 0.1) is 6.92 Å². The molecule has 3 heterocycles. The van der Waals surface area contributed by atoms with E-state index in [1.807, 2.05) is 0 Å². The Morgan fingerprint density at radius 3 is 2.74 bits per heavy atom. The monoisotopic (exact) mass is 465 g/mol. The Kier molecular flexibility index (Phi) is 5.94. The van der Waals surface area contributed by atoms with E-state index in [-0.39, 0.29) is 27.7 Å². The van der Waals surface area contributed by atoms with Crippen LogP contribution in [0.2, 0.25) is 0 Å². The van der Waals surface area contributed by atoms with Gasteiger partial charge in [0.2, 0.25) is 0 Å². The first-order valence-electron chi connectivity index (χ1n) is 9.92. The van der Waals surface area contributed by atoms with E-state index < -0.39 is 18.3 Å². The molecule has 1 aliphatic carbocycles. The number of carbonyl (C=O) groups excluding carboxylic acids is 2. The molecule has 31 heavy (non-hydrogen) atoms. The average Bonchev–Trinajstić information content (AvgIpc) is 3.25. The maximum Gasteiger partial charge on any atom is 0.341 e. The van der Waals surface area contributed by atoms with Gasteiger partial charge in [0.15, 0.2) is 0 Å². The number of esters is 1. The van der Waals surface area contributed by atoms with E-state index in [9.17, 15) is 18.4 Å². The second-order valence-electron chi connectivity index (χ2n) is 7.28. The summed E-state index contributed by atoms with van der Waals surface area (Å²) in [5.41, 5.74) is 7.92. The molecule has 4 rings (SSSR count). The van der Waals surface area contributed by atoms with Crippen LogP contribution in [0.25, 0.3) is 10.2 Å². The first-order chi connectivity index (χ1) is 14.8. The fourth-order valence-electron chi connectivity index (χ4n) is 3.85. The molecule has 0 fully saturated rings. The molecule has 0 aromatic carbocycles. The minimum absolute atomic E-state index is 0.179. The maximum absolute atomic E-state index is 13.1. The van der Waals surface area contributed by atoms with Gasteiger partial charge in [-0.1, -0.05) is 0 Å². The van der Waals surface area contributed by atoms with Crippen LogP contribution in [0.1, 0.15) is 67.9 Å². The van der Waals surface area contributed by atoms with Gasteiger partial charge < -0.3 is 15.8 Å². The Bertz CT molecular complexity index is 1190. The van der Waals surface area contributed by atoms with Gasteiger partial charge in [0.1, 0.15) is 20.4 Å². The molecular formula is C21H21F2N3O3S2. The van der Waals surface area contributed by atoms with Crippen molar-refractivity contribution in [3.05, 3.63) is 38.2 Å². The highest BCUT2D eigenvalue weighted by atomic mass is 32.1. The highest BCUT2D eigenvalue weighted by molar-refractivity contribution is 7.21. The molecule has 0 aliphatic heterocycles. The maximum atomic E-state index is 13.1. The van der Waals surface area contributed by atoms with Crippen molar-refractivity contribution in [3.63, 3.8) is 0 Å². The number of fused-ring (bicyclic) bond motifs is 2. The minimum Gasteiger partial charge on any atom is -0.462 e. The fraction of sp³-hybridized carbons (Fsp3) is 0.381. The standard InChI is InChI=1S/C21H21F2N3O3S2/c1-3-29-21(28)14-10-6-4-5-7-12(10)30-20(14)26-18(27)16-15(24)13-9(2)8-11(17(22)23)25-19(13)31-16/h8,17H,3-7,24H2,1-2H3,(H,26,27). The van der Waals surface area contributed by atoms with Gasteiger partial charge >= 0.3 is 5.97 Å². The smallest absolute Gasteiger partial charge is 0.341 e. The molecule has 0 saturated heterocycles. The number of rotatable bonds is 5. The number of halogens is 2. The zero-order valence-electron chi connectivity index (χ0n) is 17.0. The number of pyridine rings is 1. The zero-order valence-corrected chi connectivity index (χ0v) is 18.6. The number of nitrogens with zero attached hydrogens (tertiary/aromatic N) is 1. The second-order valence-corrected chi connectivity index (χ2v) is 9.38. The van der Waals surface area contributed by atoms with Crippen molar-refractivity contribution in [1.82, 2.24) is 4.98 Å². The van der Waals surface area contributed by atoms with Crippen molar-refractivity contribution in [2.75, 3.05) is 17.7 Å². The molecule has 0 saturated carbocycles. The van der Waals surface area contributed by atoms with Gasteiger partial charge in [-0.3, -0.25) is 4.79 Å². The Morgan fingerprint density at radius 2 is 2.03 bits per heavy atom. The summed E-state index contributed by atoms with van der Waals surface area (Å²) in [4.78, 5) is 31.2. The number of carbonyl (C=O) groups is 2. The number of hydrogen-bond donors (Lipinski definition) is 2. The summed E-state index contributed by atoms with van der Waals surface area (Å²) in [7, 11) is 0. The van der Waals surface area contributed by atoms with Gasteiger partial charge in [-0.05, 0) is 56.7 Å². The molecule has 3 aromatic rings. The molecule has 0 atom stereocenters. The Balaban J connectivity index is 1.73. The third-order valence-corrected chi connectivity index (χ3v) is 7.53. The summed E-state index contributed by atoms with van der Waals surface area (Å²) < 4.78 is 31.4. The number of nitrogens with two attached hydrogens (primary N) is 1. The summed E-state index contributed by atoms with van der Waals surface area (Å²) in [5, 5.41) is 3.75. The number of hydrogen-bond acceptors (Lipinski definition) is 7. The second kappa shape index (κ2) is 8.51. The number of thiophene rings is 2. The lowest BCUT2D eigenvalue weighted by molar-refractivity contribution is 0.0526. The molecule has 164 valence electrons. The van der Waals surface area contributed by atoms with Crippen LogP contribution in [-0.2, 0) is 17.6 Å². The van der Waals surface area contributed by atoms with Crippen molar-refractivity contribution in [1.29, 1.82) is 0 Å². The number of nitrogens with one attached hydrogen (secondary N) is 1. The number of nitrogen functional groups attached to an aromatic ring is 1. The Morgan fingerprint density at radius 1 is 1.29 bits per heavy atom. The van der Waals surface area contributed by atoms with Crippen LogP contribution in [-0.4, -0.2) is 23.5 Å². The number of amides is 1. The first-order valence-corrected chi connectivity index (χ1v) is 11.6. The molecule has 0 spiro atoms. The summed E-state index contributed by atoms with van der Waals surface area (Å²) >= 11 is 2.34. The van der Waals surface area contributed by atoms with E-state index in [2.05, 4.69) is 10.3 Å². The summed E-state index contributed by atoms with van der Waals surface area (Å²) in [6.07, 6.45) is 0.912. The molecule has 6 nitrogen and oxygen atoms in total. The van der Waals surface area contributed by atoms with E-state index in [1.165, 1.54) is 17.4 Å². The molecule has 0 bridgehead atoms. The van der Waals surface area contributed by atoms with E-state index in [1.54, 1.807) is 13.8 Å². The topological polar surface area (TPSA) is 94.3 Å². The van der Waals surface area contributed by atoms with Gasteiger partial charge in [0.25, 0.3) is 12.3 Å². The SMILES string of the molecule is CCOC(=O)c1c(NC(=O)c2sc3nc(C(F)F)cc(C)c3c2N)sc2c1CCCC2. The molecule has 3 N–H and O–H groups in total. The third-order valence-electron chi connectivity index (χ3n) is 5.22. The average molecular weight is 466 g/mol. The lowest BCUT2D eigenvalue weighted by Gasteiger charge is -2.12. The first kappa shape index (κ1) is 21.6. The number of anilines is 2. The van der Waals surface area contributed by atoms with Crippen LogP contribution in [0.3, 0.4) is 0 Å². The van der Waals surface area contributed by atoms with Gasteiger partial charge in [-0.2, -0.15) is 0 Å². The number of alkyl halides is 2. The molecular weight excluding hydrogens is 444 g/mol. The van der Waals surface area contributed by atoms with Gasteiger partial charge in [0, 0.05) is 10.3 Å². The summed E-state index contributed by atoms with van der Waals surface area (Å²) in [6, 6.07) is 1.28.